The maximum atomic E-state index is 12.7. The van der Waals surface area contributed by atoms with Crippen LogP contribution in [0.1, 0.15) is 38.6 Å². The molecule has 3 aromatic rings. The molecular weight excluding hydrogens is 406 g/mol. The van der Waals surface area contributed by atoms with E-state index in [9.17, 15) is 9.59 Å². The zero-order valence-electron chi connectivity index (χ0n) is 18.6. The van der Waals surface area contributed by atoms with Crippen molar-refractivity contribution in [1.82, 2.24) is 15.3 Å². The number of ether oxygens (including phenoxy) is 2. The molecule has 0 saturated carbocycles. The second-order valence-electron chi connectivity index (χ2n) is 8.44. The maximum absolute atomic E-state index is 12.7. The number of nitrogens with one attached hydrogen (secondary N) is 2. The highest BCUT2D eigenvalue weighted by atomic mass is 16.6. The first-order valence-electron chi connectivity index (χ1n) is 10.6. The van der Waals surface area contributed by atoms with Crippen molar-refractivity contribution in [1.29, 1.82) is 0 Å². The van der Waals surface area contributed by atoms with Gasteiger partial charge in [0.2, 0.25) is 0 Å². The Morgan fingerprint density at radius 3 is 2.34 bits per heavy atom. The summed E-state index contributed by atoms with van der Waals surface area (Å²) < 4.78 is 10.8. The Kier molecular flexibility index (Phi) is 7.65. The fourth-order valence-corrected chi connectivity index (χ4v) is 3.06. The number of hydrogen-bond donors (Lipinski definition) is 2. The number of nitrogens with zero attached hydrogens (tertiary/aromatic N) is 1. The highest BCUT2D eigenvalue weighted by Crippen LogP contribution is 2.17. The van der Waals surface area contributed by atoms with Crippen molar-refractivity contribution >= 4 is 12.1 Å². The molecule has 1 amide bonds. The van der Waals surface area contributed by atoms with Crippen molar-refractivity contribution < 1.29 is 19.1 Å². The molecule has 1 aromatic heterocycles. The summed E-state index contributed by atoms with van der Waals surface area (Å²) in [5.41, 5.74) is 2.12. The third-order valence-corrected chi connectivity index (χ3v) is 4.58. The zero-order valence-corrected chi connectivity index (χ0v) is 18.6. The predicted molar refractivity (Wildman–Crippen MR) is 122 cm³/mol. The number of imidazole rings is 1. The molecule has 0 unspecified atom stereocenters. The van der Waals surface area contributed by atoms with Gasteiger partial charge in [-0.05, 0) is 38.3 Å². The average molecular weight is 436 g/mol. The van der Waals surface area contributed by atoms with E-state index in [1.165, 1.54) is 0 Å². The van der Waals surface area contributed by atoms with Crippen LogP contribution in [0.15, 0.2) is 66.9 Å². The molecule has 2 aromatic carbocycles. The van der Waals surface area contributed by atoms with Crippen molar-refractivity contribution in [3.8, 4) is 11.3 Å². The highest BCUT2D eigenvalue weighted by molar-refractivity contribution is 5.81. The summed E-state index contributed by atoms with van der Waals surface area (Å²) in [6.45, 7) is 5.43. The molecule has 2 N–H and O–H groups in total. The number of esters is 1. The number of H-pyrrole nitrogens is 1. The van der Waals surface area contributed by atoms with Gasteiger partial charge in [-0.15, -0.1) is 0 Å². The molecule has 0 spiro atoms. The van der Waals surface area contributed by atoms with Crippen LogP contribution in [0.4, 0.5) is 4.79 Å². The molecule has 168 valence electrons. The molecule has 0 aliphatic heterocycles. The van der Waals surface area contributed by atoms with Crippen LogP contribution in [0.2, 0.25) is 0 Å². The van der Waals surface area contributed by atoms with E-state index < -0.39 is 23.7 Å². The van der Waals surface area contributed by atoms with Gasteiger partial charge < -0.3 is 19.8 Å². The molecule has 0 bridgehead atoms. The summed E-state index contributed by atoms with van der Waals surface area (Å²) in [4.78, 5) is 32.7. The number of hydrogen-bond acceptors (Lipinski definition) is 5. The second kappa shape index (κ2) is 10.6. The molecule has 3 rings (SSSR count). The van der Waals surface area contributed by atoms with Gasteiger partial charge in [0.15, 0.2) is 0 Å². The topological polar surface area (TPSA) is 93.3 Å². The van der Waals surface area contributed by atoms with Crippen molar-refractivity contribution in [3.63, 3.8) is 0 Å². The van der Waals surface area contributed by atoms with Crippen LogP contribution < -0.4 is 5.32 Å². The first-order valence-corrected chi connectivity index (χ1v) is 10.6. The maximum Gasteiger partial charge on any atom is 0.408 e. The number of rotatable bonds is 8. The minimum atomic E-state index is -0.862. The number of amides is 1. The van der Waals surface area contributed by atoms with Crippen LogP contribution in [0.25, 0.3) is 11.3 Å². The van der Waals surface area contributed by atoms with Crippen molar-refractivity contribution in [2.24, 2.45) is 0 Å². The van der Waals surface area contributed by atoms with Crippen LogP contribution in [0.3, 0.4) is 0 Å². The molecule has 7 nitrogen and oxygen atoms in total. The van der Waals surface area contributed by atoms with Gasteiger partial charge >= 0.3 is 12.1 Å². The largest absolute Gasteiger partial charge is 0.459 e. The summed E-state index contributed by atoms with van der Waals surface area (Å²) in [6.07, 6.45) is 1.86. The fraction of sp³-hybridized carbons (Fsp3) is 0.320. The Morgan fingerprint density at radius 1 is 1.03 bits per heavy atom. The van der Waals surface area contributed by atoms with Crippen LogP contribution >= 0.6 is 0 Å². The minimum absolute atomic E-state index is 0.130. The first kappa shape index (κ1) is 23.1. The van der Waals surface area contributed by atoms with Crippen LogP contribution in [0, 0.1) is 0 Å². The van der Waals surface area contributed by atoms with Gasteiger partial charge in [-0.1, -0.05) is 60.7 Å². The van der Waals surface area contributed by atoms with E-state index in [2.05, 4.69) is 15.3 Å². The lowest BCUT2D eigenvalue weighted by atomic mass is 10.1. The van der Waals surface area contributed by atoms with E-state index in [1.54, 1.807) is 27.0 Å². The third-order valence-electron chi connectivity index (χ3n) is 4.58. The van der Waals surface area contributed by atoms with Crippen LogP contribution in [-0.4, -0.2) is 33.7 Å². The third kappa shape index (κ3) is 7.27. The summed E-state index contributed by atoms with van der Waals surface area (Å²) in [5, 5.41) is 2.64. The van der Waals surface area contributed by atoms with Gasteiger partial charge in [-0.3, -0.25) is 0 Å². The smallest absolute Gasteiger partial charge is 0.408 e. The Bertz CT molecular complexity index is 1010. The van der Waals surface area contributed by atoms with E-state index in [4.69, 9.17) is 9.47 Å². The number of aryl methyl sites for hydroxylation is 1. The number of benzene rings is 2. The van der Waals surface area contributed by atoms with Gasteiger partial charge in [0.25, 0.3) is 0 Å². The second-order valence-corrected chi connectivity index (χ2v) is 8.44. The van der Waals surface area contributed by atoms with Gasteiger partial charge in [-0.25, -0.2) is 14.6 Å². The Hall–Kier alpha value is -3.61. The van der Waals surface area contributed by atoms with E-state index in [1.807, 2.05) is 60.7 Å². The molecule has 1 atom stereocenters. The quantitative estimate of drug-likeness (QED) is 0.503. The SMILES string of the molecule is CC(C)(C)OC(=O)N[C@@H](CCc1ncc(-c2ccccc2)[nH]1)C(=O)OCc1ccccc1. The molecule has 1 heterocycles. The number of alkyl carbamates (subject to hydrolysis) is 1. The normalized spacial score (nSPS) is 12.1. The van der Waals surface area contributed by atoms with Gasteiger partial charge in [-0.2, -0.15) is 0 Å². The number of aromatic nitrogens is 2. The molecule has 0 aliphatic rings. The predicted octanol–water partition coefficient (Wildman–Crippen LogP) is 4.65. The number of aromatic amines is 1. The molecule has 0 radical (unpaired) electrons. The van der Waals surface area contributed by atoms with Crippen molar-refractivity contribution in [2.75, 3.05) is 0 Å². The average Bonchev–Trinajstić information content (AvgIpc) is 3.24. The minimum Gasteiger partial charge on any atom is -0.459 e. The van der Waals surface area contributed by atoms with Crippen molar-refractivity contribution in [3.05, 3.63) is 78.2 Å². The summed E-state index contributed by atoms with van der Waals surface area (Å²) in [5.74, 6) is 0.199. The van der Waals surface area contributed by atoms with E-state index in [-0.39, 0.29) is 6.61 Å². The Labute approximate surface area is 188 Å². The monoisotopic (exact) mass is 435 g/mol. The lowest BCUT2D eigenvalue weighted by Gasteiger charge is -2.23. The van der Waals surface area contributed by atoms with Crippen LogP contribution in [0.5, 0.6) is 0 Å². The van der Waals surface area contributed by atoms with Gasteiger partial charge in [0.1, 0.15) is 24.1 Å². The molecule has 7 heteroatoms. The lowest BCUT2D eigenvalue weighted by Crippen LogP contribution is -2.44. The van der Waals surface area contributed by atoms with Gasteiger partial charge in [0.05, 0.1) is 11.9 Å². The number of carbonyl (C=O) groups excluding carboxylic acids is 2. The van der Waals surface area contributed by atoms with E-state index in [0.717, 1.165) is 22.6 Å². The fourth-order valence-electron chi connectivity index (χ4n) is 3.06. The zero-order chi connectivity index (χ0) is 23.0. The summed E-state index contributed by atoms with van der Waals surface area (Å²) in [7, 11) is 0. The highest BCUT2D eigenvalue weighted by Gasteiger charge is 2.26. The lowest BCUT2D eigenvalue weighted by molar-refractivity contribution is -0.147. The van der Waals surface area contributed by atoms with E-state index in [0.29, 0.717) is 12.8 Å². The summed E-state index contributed by atoms with van der Waals surface area (Å²) >= 11 is 0. The van der Waals surface area contributed by atoms with Crippen LogP contribution in [-0.2, 0) is 27.3 Å². The molecule has 0 fully saturated rings. The molecule has 0 saturated heterocycles. The molecule has 32 heavy (non-hydrogen) atoms. The van der Waals surface area contributed by atoms with Crippen molar-refractivity contribution in [2.45, 2.75) is 51.9 Å². The molecular formula is C25H29N3O4. The standard InChI is InChI=1S/C25H29N3O4/c1-25(2,3)32-24(30)28-20(23(29)31-17-18-10-6-4-7-11-18)14-15-22-26-16-21(27-22)19-12-8-5-9-13-19/h4-13,16,20H,14-15,17H2,1-3H3,(H,26,27)(H,28,30)/t20-/m0/s1. The first-order chi connectivity index (χ1) is 15.3. The Morgan fingerprint density at radius 2 is 1.69 bits per heavy atom. The Balaban J connectivity index is 1.64. The number of carbonyl (C=O) groups is 2. The van der Waals surface area contributed by atoms with Gasteiger partial charge in [0, 0.05) is 6.42 Å². The molecule has 0 aliphatic carbocycles. The van der Waals surface area contributed by atoms with E-state index >= 15 is 0 Å². The summed E-state index contributed by atoms with van der Waals surface area (Å²) in [6, 6.07) is 18.4.